The first kappa shape index (κ1) is 13.9. The third kappa shape index (κ3) is 2.92. The van der Waals surface area contributed by atoms with Crippen LogP contribution in [0.3, 0.4) is 0 Å². The lowest BCUT2D eigenvalue weighted by atomic mass is 9.90. The maximum Gasteiger partial charge on any atom is 0.159 e. The van der Waals surface area contributed by atoms with Crippen LogP contribution in [0.15, 0.2) is 36.7 Å². The van der Waals surface area contributed by atoms with Crippen LogP contribution < -0.4 is 0 Å². The fourth-order valence-corrected chi connectivity index (χ4v) is 2.24. The Balaban J connectivity index is 2.42. The lowest BCUT2D eigenvalue weighted by Crippen LogP contribution is -2.30. The highest BCUT2D eigenvalue weighted by molar-refractivity contribution is 5.85. The summed E-state index contributed by atoms with van der Waals surface area (Å²) >= 11 is 0. The Morgan fingerprint density at radius 2 is 1.89 bits per heavy atom. The molecular weight excluding hydrogens is 242 g/mol. The minimum Gasteiger partial charge on any atom is -0.385 e. The summed E-state index contributed by atoms with van der Waals surface area (Å²) in [5.41, 5.74) is -0.283. The van der Waals surface area contributed by atoms with Crippen LogP contribution in [0, 0.1) is 0 Å². The Hall–Kier alpha value is -1.49. The monoisotopic (exact) mass is 261 g/mol. The van der Waals surface area contributed by atoms with Gasteiger partial charge in [0.15, 0.2) is 6.29 Å². The maximum absolute atomic E-state index is 10.7. The summed E-state index contributed by atoms with van der Waals surface area (Å²) in [7, 11) is 3.12. The zero-order valence-electron chi connectivity index (χ0n) is 11.5. The number of methoxy groups -OCH3 is 2. The molecule has 2 aromatic rings. The van der Waals surface area contributed by atoms with Crippen LogP contribution in [-0.4, -0.2) is 30.6 Å². The first-order chi connectivity index (χ1) is 9.08. The van der Waals surface area contributed by atoms with E-state index in [0.717, 1.165) is 16.3 Å². The molecule has 102 valence electrons. The van der Waals surface area contributed by atoms with E-state index in [9.17, 15) is 5.11 Å². The number of ether oxygens (including phenoxy) is 2. The molecule has 0 amide bonds. The molecule has 0 aliphatic rings. The van der Waals surface area contributed by atoms with E-state index in [1.54, 1.807) is 33.5 Å². The third-order valence-electron chi connectivity index (χ3n) is 3.34. The van der Waals surface area contributed by atoms with Gasteiger partial charge in [-0.3, -0.25) is 4.98 Å². The SMILES string of the molecule is COC(CC(C)(O)c1cncc2ccccc12)OC. The molecule has 0 saturated carbocycles. The molecule has 4 heteroatoms. The fourth-order valence-electron chi connectivity index (χ4n) is 2.24. The van der Waals surface area contributed by atoms with E-state index in [-0.39, 0.29) is 0 Å². The molecule has 0 bridgehead atoms. The van der Waals surface area contributed by atoms with Gasteiger partial charge in [0.25, 0.3) is 0 Å². The van der Waals surface area contributed by atoms with Gasteiger partial charge in [0.2, 0.25) is 0 Å². The van der Waals surface area contributed by atoms with Crippen LogP contribution in [0.25, 0.3) is 10.8 Å². The van der Waals surface area contributed by atoms with Gasteiger partial charge in [0.05, 0.1) is 5.60 Å². The largest absolute Gasteiger partial charge is 0.385 e. The molecule has 1 aromatic heterocycles. The van der Waals surface area contributed by atoms with E-state index >= 15 is 0 Å². The van der Waals surface area contributed by atoms with Crippen LogP contribution in [0.4, 0.5) is 0 Å². The normalized spacial score (nSPS) is 14.8. The van der Waals surface area contributed by atoms with Gasteiger partial charge >= 0.3 is 0 Å². The van der Waals surface area contributed by atoms with E-state index in [1.807, 2.05) is 24.3 Å². The number of aromatic nitrogens is 1. The number of fused-ring (bicyclic) bond motifs is 1. The Bertz CT molecular complexity index is 545. The quantitative estimate of drug-likeness (QED) is 0.840. The van der Waals surface area contributed by atoms with Crippen molar-refractivity contribution in [2.75, 3.05) is 14.2 Å². The fraction of sp³-hybridized carbons (Fsp3) is 0.400. The molecule has 0 fully saturated rings. The molecule has 0 spiro atoms. The summed E-state index contributed by atoms with van der Waals surface area (Å²) in [4.78, 5) is 4.20. The van der Waals surface area contributed by atoms with Crippen molar-refractivity contribution in [1.82, 2.24) is 4.98 Å². The highest BCUT2D eigenvalue weighted by atomic mass is 16.7. The van der Waals surface area contributed by atoms with Gasteiger partial charge in [0, 0.05) is 44.0 Å². The predicted octanol–water partition coefficient (Wildman–Crippen LogP) is 2.45. The Kier molecular flexibility index (Phi) is 4.14. The van der Waals surface area contributed by atoms with Crippen molar-refractivity contribution in [3.63, 3.8) is 0 Å². The van der Waals surface area contributed by atoms with Crippen LogP contribution >= 0.6 is 0 Å². The van der Waals surface area contributed by atoms with Gasteiger partial charge in [-0.15, -0.1) is 0 Å². The smallest absolute Gasteiger partial charge is 0.159 e. The topological polar surface area (TPSA) is 51.6 Å². The molecule has 0 aliphatic heterocycles. The number of rotatable bonds is 5. The number of hydrogen-bond donors (Lipinski definition) is 1. The van der Waals surface area contributed by atoms with Crippen molar-refractivity contribution in [2.24, 2.45) is 0 Å². The van der Waals surface area contributed by atoms with Gasteiger partial charge in [-0.2, -0.15) is 0 Å². The Morgan fingerprint density at radius 1 is 1.21 bits per heavy atom. The number of nitrogens with zero attached hydrogens (tertiary/aromatic N) is 1. The average molecular weight is 261 g/mol. The van der Waals surface area contributed by atoms with Gasteiger partial charge in [-0.05, 0) is 12.3 Å². The van der Waals surface area contributed by atoms with Crippen molar-refractivity contribution in [1.29, 1.82) is 0 Å². The summed E-state index contributed by atoms with van der Waals surface area (Å²) in [6.45, 7) is 1.75. The van der Waals surface area contributed by atoms with Crippen molar-refractivity contribution in [3.8, 4) is 0 Å². The first-order valence-electron chi connectivity index (χ1n) is 6.19. The predicted molar refractivity (Wildman–Crippen MR) is 73.7 cm³/mol. The van der Waals surface area contributed by atoms with E-state index in [0.29, 0.717) is 6.42 Å². The van der Waals surface area contributed by atoms with Gasteiger partial charge in [-0.1, -0.05) is 24.3 Å². The molecule has 19 heavy (non-hydrogen) atoms. The summed E-state index contributed by atoms with van der Waals surface area (Å²) in [5.74, 6) is 0. The molecule has 1 unspecified atom stereocenters. The number of hydrogen-bond acceptors (Lipinski definition) is 4. The minimum atomic E-state index is -1.06. The number of aliphatic hydroxyl groups is 1. The van der Waals surface area contributed by atoms with Gasteiger partial charge in [-0.25, -0.2) is 0 Å². The second-order valence-corrected chi connectivity index (χ2v) is 4.79. The zero-order chi connectivity index (χ0) is 13.9. The van der Waals surface area contributed by atoms with Crippen LogP contribution in [0.5, 0.6) is 0 Å². The lowest BCUT2D eigenvalue weighted by molar-refractivity contribution is -0.141. The summed E-state index contributed by atoms with van der Waals surface area (Å²) < 4.78 is 10.3. The van der Waals surface area contributed by atoms with E-state index in [1.165, 1.54) is 0 Å². The second-order valence-electron chi connectivity index (χ2n) is 4.79. The number of pyridine rings is 1. The van der Waals surface area contributed by atoms with Gasteiger partial charge in [0.1, 0.15) is 0 Å². The van der Waals surface area contributed by atoms with E-state index < -0.39 is 11.9 Å². The molecule has 1 atom stereocenters. The molecule has 2 rings (SSSR count). The highest BCUT2D eigenvalue weighted by Gasteiger charge is 2.29. The Labute approximate surface area is 113 Å². The lowest BCUT2D eigenvalue weighted by Gasteiger charge is -2.28. The van der Waals surface area contributed by atoms with Crippen molar-refractivity contribution < 1.29 is 14.6 Å². The molecular formula is C15H19NO3. The summed E-state index contributed by atoms with van der Waals surface area (Å²) in [6, 6.07) is 7.86. The molecule has 0 radical (unpaired) electrons. The minimum absolute atomic E-state index is 0.343. The van der Waals surface area contributed by atoms with Crippen molar-refractivity contribution in [2.45, 2.75) is 25.2 Å². The highest BCUT2D eigenvalue weighted by Crippen LogP contribution is 2.31. The van der Waals surface area contributed by atoms with Crippen LogP contribution in [-0.2, 0) is 15.1 Å². The van der Waals surface area contributed by atoms with Crippen LogP contribution in [0.1, 0.15) is 18.9 Å². The van der Waals surface area contributed by atoms with E-state index in [4.69, 9.17) is 9.47 Å². The molecule has 4 nitrogen and oxygen atoms in total. The number of benzene rings is 1. The maximum atomic E-state index is 10.7. The molecule has 1 N–H and O–H groups in total. The van der Waals surface area contributed by atoms with E-state index in [2.05, 4.69) is 4.98 Å². The van der Waals surface area contributed by atoms with Crippen molar-refractivity contribution >= 4 is 10.8 Å². The van der Waals surface area contributed by atoms with Gasteiger partial charge < -0.3 is 14.6 Å². The summed E-state index contributed by atoms with van der Waals surface area (Å²) in [5, 5.41) is 12.7. The van der Waals surface area contributed by atoms with Crippen LogP contribution in [0.2, 0.25) is 0 Å². The standard InChI is InChI=1S/C15H19NO3/c1-15(17,8-14(18-2)19-3)13-10-16-9-11-6-4-5-7-12(11)13/h4-7,9-10,14,17H,8H2,1-3H3. The zero-order valence-corrected chi connectivity index (χ0v) is 11.5. The first-order valence-corrected chi connectivity index (χ1v) is 6.19. The van der Waals surface area contributed by atoms with Crippen molar-refractivity contribution in [3.05, 3.63) is 42.2 Å². The Morgan fingerprint density at radius 3 is 2.58 bits per heavy atom. The summed E-state index contributed by atoms with van der Waals surface area (Å²) in [6.07, 6.45) is 3.38. The molecule has 1 aromatic carbocycles. The molecule has 1 heterocycles. The molecule has 0 saturated heterocycles. The second kappa shape index (κ2) is 5.65. The molecule has 0 aliphatic carbocycles. The third-order valence-corrected chi connectivity index (χ3v) is 3.34. The average Bonchev–Trinajstić information content (AvgIpc) is 2.44.